The molecule has 0 radical (unpaired) electrons. The van der Waals surface area contributed by atoms with Crippen molar-refractivity contribution >= 4 is 28.9 Å². The zero-order chi connectivity index (χ0) is 22.2. The third kappa shape index (κ3) is 3.36. The summed E-state index contributed by atoms with van der Waals surface area (Å²) in [5, 5.41) is 0. The highest BCUT2D eigenvalue weighted by Crippen LogP contribution is 2.31. The lowest BCUT2D eigenvalue weighted by Gasteiger charge is -2.29. The lowest BCUT2D eigenvalue weighted by Crippen LogP contribution is -2.39. The molecule has 4 aromatic rings. The first kappa shape index (κ1) is 20.1. The second-order valence-corrected chi connectivity index (χ2v) is 8.15. The van der Waals surface area contributed by atoms with Crippen LogP contribution >= 0.6 is 0 Å². The molecule has 0 spiro atoms. The van der Waals surface area contributed by atoms with E-state index in [4.69, 9.17) is 4.98 Å². The Morgan fingerprint density at radius 3 is 2.62 bits per heavy atom. The highest BCUT2D eigenvalue weighted by Gasteiger charge is 2.26. The van der Waals surface area contributed by atoms with Crippen LogP contribution in [0.25, 0.3) is 17.2 Å². The molecule has 5 rings (SSSR count). The van der Waals surface area contributed by atoms with Crippen LogP contribution in [0.2, 0.25) is 0 Å². The monoisotopic (exact) mass is 427 g/mol. The number of nitrogens with zero attached hydrogens (tertiary/aromatic N) is 5. The van der Waals surface area contributed by atoms with Crippen LogP contribution in [-0.4, -0.2) is 25.2 Å². The molecule has 3 heterocycles. The summed E-state index contributed by atoms with van der Waals surface area (Å²) < 4.78 is 4.72. The van der Waals surface area contributed by atoms with Crippen LogP contribution in [0.3, 0.4) is 0 Å². The summed E-state index contributed by atoms with van der Waals surface area (Å²) in [5.74, 6) is 0.710. The summed E-state index contributed by atoms with van der Waals surface area (Å²) in [4.78, 5) is 33.3. The predicted octanol–water partition coefficient (Wildman–Crippen LogP) is 3.46. The molecule has 7 nitrogen and oxygen atoms in total. The van der Waals surface area contributed by atoms with Gasteiger partial charge >= 0.3 is 5.69 Å². The molecule has 2 aromatic heterocycles. The molecule has 0 unspecified atom stereocenters. The van der Waals surface area contributed by atoms with Crippen molar-refractivity contribution in [2.45, 2.75) is 26.4 Å². The smallest absolute Gasteiger partial charge is 0.312 e. The van der Waals surface area contributed by atoms with Gasteiger partial charge in [0.15, 0.2) is 11.2 Å². The van der Waals surface area contributed by atoms with E-state index in [1.165, 1.54) is 9.13 Å². The average Bonchev–Trinajstić information content (AvgIpc) is 3.20. The number of imidazole rings is 1. The normalized spacial score (nSPS) is 13.8. The maximum atomic E-state index is 13.4. The maximum Gasteiger partial charge on any atom is 0.332 e. The van der Waals surface area contributed by atoms with Crippen LogP contribution in [0.5, 0.6) is 0 Å². The second kappa shape index (κ2) is 8.00. The van der Waals surface area contributed by atoms with Crippen molar-refractivity contribution in [3.8, 4) is 0 Å². The first-order chi connectivity index (χ1) is 15.5. The molecule has 1 aliphatic heterocycles. The second-order valence-electron chi connectivity index (χ2n) is 8.15. The van der Waals surface area contributed by atoms with Gasteiger partial charge in [0.1, 0.15) is 0 Å². The molecule has 162 valence electrons. The number of allylic oxidation sites excluding steroid dienone is 1. The number of aryl methyl sites for hydroxylation is 3. The first-order valence-corrected chi connectivity index (χ1v) is 10.8. The molecule has 1 aliphatic rings. The van der Waals surface area contributed by atoms with Gasteiger partial charge in [-0.1, -0.05) is 54.6 Å². The fourth-order valence-corrected chi connectivity index (χ4v) is 4.32. The molecular formula is C25H25N5O2. The summed E-state index contributed by atoms with van der Waals surface area (Å²) in [5.41, 5.74) is 3.47. The highest BCUT2D eigenvalue weighted by atomic mass is 16.2. The fourth-order valence-electron chi connectivity index (χ4n) is 4.32. The lowest BCUT2D eigenvalue weighted by molar-refractivity contribution is 0.598. The van der Waals surface area contributed by atoms with E-state index in [9.17, 15) is 9.59 Å². The van der Waals surface area contributed by atoms with Crippen molar-refractivity contribution in [1.29, 1.82) is 0 Å². The molecule has 0 N–H and O–H groups in total. The topological polar surface area (TPSA) is 65.1 Å². The van der Waals surface area contributed by atoms with Gasteiger partial charge in [0, 0.05) is 32.4 Å². The first-order valence-electron chi connectivity index (χ1n) is 10.8. The number of anilines is 2. The van der Waals surface area contributed by atoms with E-state index in [2.05, 4.69) is 24.0 Å². The minimum atomic E-state index is -0.363. The lowest BCUT2D eigenvalue weighted by atomic mass is 10.2. The van der Waals surface area contributed by atoms with E-state index in [0.717, 1.165) is 29.8 Å². The predicted molar refractivity (Wildman–Crippen MR) is 128 cm³/mol. The van der Waals surface area contributed by atoms with Crippen LogP contribution in [0.1, 0.15) is 17.5 Å². The summed E-state index contributed by atoms with van der Waals surface area (Å²) >= 11 is 0. The summed E-state index contributed by atoms with van der Waals surface area (Å²) in [7, 11) is 1.68. The van der Waals surface area contributed by atoms with Crippen LogP contribution in [0.4, 0.5) is 11.6 Å². The molecule has 0 atom stereocenters. The third-order valence-corrected chi connectivity index (χ3v) is 5.93. The minimum absolute atomic E-state index is 0.207. The Hall–Kier alpha value is -3.87. The molecule has 32 heavy (non-hydrogen) atoms. The Labute approximate surface area is 185 Å². The van der Waals surface area contributed by atoms with Gasteiger partial charge < -0.3 is 9.47 Å². The van der Waals surface area contributed by atoms with E-state index < -0.39 is 0 Å². The zero-order valence-electron chi connectivity index (χ0n) is 18.2. The van der Waals surface area contributed by atoms with Gasteiger partial charge in [-0.2, -0.15) is 4.98 Å². The third-order valence-electron chi connectivity index (χ3n) is 5.93. The van der Waals surface area contributed by atoms with Crippen molar-refractivity contribution in [2.24, 2.45) is 7.05 Å². The van der Waals surface area contributed by atoms with E-state index >= 15 is 0 Å². The molecule has 2 aromatic carbocycles. The van der Waals surface area contributed by atoms with Gasteiger partial charge in [0.2, 0.25) is 5.95 Å². The van der Waals surface area contributed by atoms with E-state index in [0.29, 0.717) is 23.7 Å². The van der Waals surface area contributed by atoms with Crippen LogP contribution in [0.15, 0.2) is 70.3 Å². The molecule has 0 bridgehead atoms. The molecule has 0 aliphatic carbocycles. The van der Waals surface area contributed by atoms with Crippen LogP contribution < -0.4 is 16.1 Å². The summed E-state index contributed by atoms with van der Waals surface area (Å²) in [6.45, 7) is 3.77. The quantitative estimate of drug-likeness (QED) is 0.500. The van der Waals surface area contributed by atoms with Crippen molar-refractivity contribution in [3.05, 3.63) is 92.6 Å². The Balaban J connectivity index is 1.61. The number of aromatic nitrogens is 4. The summed E-state index contributed by atoms with van der Waals surface area (Å²) in [6.07, 6.45) is 4.65. The highest BCUT2D eigenvalue weighted by molar-refractivity contribution is 5.77. The van der Waals surface area contributed by atoms with E-state index in [-0.39, 0.29) is 17.8 Å². The van der Waals surface area contributed by atoms with Gasteiger partial charge in [0.25, 0.3) is 5.56 Å². The zero-order valence-corrected chi connectivity index (χ0v) is 18.2. The van der Waals surface area contributed by atoms with Crippen molar-refractivity contribution in [2.75, 3.05) is 11.4 Å². The van der Waals surface area contributed by atoms with Crippen molar-refractivity contribution < 1.29 is 0 Å². The molecule has 0 amide bonds. The van der Waals surface area contributed by atoms with Crippen molar-refractivity contribution in [1.82, 2.24) is 18.7 Å². The number of benzene rings is 2. The minimum Gasteiger partial charge on any atom is -0.312 e. The Morgan fingerprint density at radius 1 is 1.03 bits per heavy atom. The number of rotatable bonds is 4. The molecule has 0 saturated heterocycles. The van der Waals surface area contributed by atoms with Gasteiger partial charge in [-0.15, -0.1) is 0 Å². The molecular weight excluding hydrogens is 402 g/mol. The van der Waals surface area contributed by atoms with Crippen LogP contribution in [0, 0.1) is 6.92 Å². The van der Waals surface area contributed by atoms with Crippen LogP contribution in [-0.2, 0) is 20.1 Å². The molecule has 0 saturated carbocycles. The van der Waals surface area contributed by atoms with Crippen molar-refractivity contribution in [3.63, 3.8) is 0 Å². The number of fused-ring (bicyclic) bond motifs is 3. The SMILES string of the molecule is Cc1cccc(N2CCCn3c2nc2c3c(=O)n(C/C=C\c3ccccc3)c(=O)n2C)c1. The van der Waals surface area contributed by atoms with Gasteiger partial charge in [-0.3, -0.25) is 13.9 Å². The standard InChI is InChI=1S/C25H25N5O2/c1-18-9-6-13-20(17-18)28-15-8-16-29-21-22(26-24(28)29)27(2)25(32)30(23(21)31)14-7-12-19-10-4-3-5-11-19/h3-7,9-13,17H,8,14-16H2,1-2H3/b12-7-. The molecule has 0 fully saturated rings. The Morgan fingerprint density at radius 2 is 1.84 bits per heavy atom. The summed E-state index contributed by atoms with van der Waals surface area (Å²) in [6, 6.07) is 18.1. The van der Waals surface area contributed by atoms with Gasteiger partial charge in [0.05, 0.1) is 0 Å². The van der Waals surface area contributed by atoms with E-state index in [1.807, 2.05) is 59.2 Å². The van der Waals surface area contributed by atoms with E-state index in [1.54, 1.807) is 7.05 Å². The average molecular weight is 428 g/mol. The van der Waals surface area contributed by atoms with Gasteiger partial charge in [-0.05, 0) is 36.6 Å². The largest absolute Gasteiger partial charge is 0.332 e. The Bertz CT molecular complexity index is 1440. The number of hydrogen-bond donors (Lipinski definition) is 0. The maximum absolute atomic E-state index is 13.4. The number of hydrogen-bond acceptors (Lipinski definition) is 4. The van der Waals surface area contributed by atoms with Gasteiger partial charge in [-0.25, -0.2) is 4.79 Å². The Kier molecular flexibility index (Phi) is 5.01. The fraction of sp³-hybridized carbons (Fsp3) is 0.240. The molecule has 7 heteroatoms.